The van der Waals surface area contributed by atoms with Crippen molar-refractivity contribution >= 4 is 23.1 Å². The van der Waals surface area contributed by atoms with Crippen molar-refractivity contribution in [3.8, 4) is 5.75 Å². The van der Waals surface area contributed by atoms with Gasteiger partial charge in [0, 0.05) is 28.9 Å². The molecule has 0 aliphatic carbocycles. The number of benzene rings is 4. The fraction of sp³-hybridized carbons (Fsp3) is 0.300. The Balaban J connectivity index is 2.03. The average Bonchev–Trinajstić information content (AvgIpc) is 3.09. The van der Waals surface area contributed by atoms with Crippen molar-refractivity contribution in [3.63, 3.8) is 0 Å². The average molecular weight is 619 g/mol. The SMILES string of the molecule is CCCCCOC(C(=O)c1ccccc1)(C(=O)c1ccccc1)C(C(=O)c1ccc(OC)cc1)C(=O)c1ccc(C(C)(C)C)cc1. The quantitative estimate of drug-likeness (QED) is 0.0756. The lowest BCUT2D eigenvalue weighted by atomic mass is 9.69. The highest BCUT2D eigenvalue weighted by Gasteiger charge is 2.59. The number of carbonyl (C=O) groups excluding carboxylic acids is 4. The number of hydrogen-bond donors (Lipinski definition) is 0. The summed E-state index contributed by atoms with van der Waals surface area (Å²) in [7, 11) is 1.51. The molecule has 4 aromatic carbocycles. The van der Waals surface area contributed by atoms with Gasteiger partial charge in [-0.25, -0.2) is 0 Å². The van der Waals surface area contributed by atoms with Crippen molar-refractivity contribution in [2.75, 3.05) is 13.7 Å². The number of Topliss-reactive ketones (excluding diaryl/α,β-unsaturated/α-hetero) is 4. The number of rotatable bonds is 15. The third kappa shape index (κ3) is 7.40. The third-order valence-corrected chi connectivity index (χ3v) is 8.17. The van der Waals surface area contributed by atoms with Gasteiger partial charge in [0.25, 0.3) is 0 Å². The first kappa shape index (κ1) is 34.2. The molecule has 6 heteroatoms. The van der Waals surface area contributed by atoms with Gasteiger partial charge < -0.3 is 9.47 Å². The smallest absolute Gasteiger partial charge is 0.211 e. The van der Waals surface area contributed by atoms with Crippen molar-refractivity contribution in [3.05, 3.63) is 137 Å². The number of methoxy groups -OCH3 is 1. The highest BCUT2D eigenvalue weighted by atomic mass is 16.5. The molecule has 4 aromatic rings. The van der Waals surface area contributed by atoms with E-state index in [4.69, 9.17) is 9.47 Å². The molecule has 0 radical (unpaired) electrons. The van der Waals surface area contributed by atoms with Crippen molar-refractivity contribution < 1.29 is 28.7 Å². The lowest BCUT2D eigenvalue weighted by molar-refractivity contribution is -0.0326. The highest BCUT2D eigenvalue weighted by Crippen LogP contribution is 2.37. The fourth-order valence-electron chi connectivity index (χ4n) is 5.48. The molecule has 238 valence electrons. The van der Waals surface area contributed by atoms with Crippen LogP contribution in [-0.2, 0) is 10.2 Å². The Labute approximate surface area is 271 Å². The van der Waals surface area contributed by atoms with E-state index >= 15 is 0 Å². The summed E-state index contributed by atoms with van der Waals surface area (Å²) < 4.78 is 11.8. The van der Waals surface area contributed by atoms with E-state index in [1.165, 1.54) is 19.2 Å². The predicted octanol–water partition coefficient (Wildman–Crippen LogP) is 8.39. The molecule has 0 aliphatic heterocycles. The summed E-state index contributed by atoms with van der Waals surface area (Å²) in [5, 5.41) is 0. The van der Waals surface area contributed by atoms with Gasteiger partial charge in [-0.15, -0.1) is 0 Å². The molecule has 4 rings (SSSR count). The second-order valence-electron chi connectivity index (χ2n) is 12.4. The van der Waals surface area contributed by atoms with Gasteiger partial charge in [-0.1, -0.05) is 125 Å². The van der Waals surface area contributed by atoms with Crippen molar-refractivity contribution in [2.24, 2.45) is 5.92 Å². The number of carbonyl (C=O) groups is 4. The van der Waals surface area contributed by atoms with Gasteiger partial charge in [0.1, 0.15) is 11.7 Å². The molecule has 0 heterocycles. The van der Waals surface area contributed by atoms with Crippen LogP contribution in [0.3, 0.4) is 0 Å². The largest absolute Gasteiger partial charge is 0.497 e. The predicted molar refractivity (Wildman–Crippen MR) is 180 cm³/mol. The Morgan fingerprint density at radius 1 is 0.609 bits per heavy atom. The first-order valence-corrected chi connectivity index (χ1v) is 15.7. The lowest BCUT2D eigenvalue weighted by Gasteiger charge is -2.37. The van der Waals surface area contributed by atoms with Gasteiger partial charge in [0.15, 0.2) is 11.6 Å². The van der Waals surface area contributed by atoms with E-state index in [0.717, 1.165) is 18.4 Å². The highest BCUT2D eigenvalue weighted by molar-refractivity contribution is 6.31. The molecule has 0 amide bonds. The summed E-state index contributed by atoms with van der Waals surface area (Å²) in [6.45, 7) is 8.20. The monoisotopic (exact) mass is 618 g/mol. The maximum absolute atomic E-state index is 14.9. The van der Waals surface area contributed by atoms with Gasteiger partial charge in [-0.2, -0.15) is 0 Å². The van der Waals surface area contributed by atoms with E-state index < -0.39 is 34.7 Å². The molecule has 0 aliphatic rings. The van der Waals surface area contributed by atoms with Crippen LogP contribution >= 0.6 is 0 Å². The Morgan fingerprint density at radius 2 is 1.07 bits per heavy atom. The van der Waals surface area contributed by atoms with E-state index in [9.17, 15) is 19.2 Å². The molecule has 46 heavy (non-hydrogen) atoms. The van der Waals surface area contributed by atoms with Crippen LogP contribution in [0.5, 0.6) is 5.75 Å². The van der Waals surface area contributed by atoms with Crippen LogP contribution in [0.4, 0.5) is 0 Å². The Morgan fingerprint density at radius 3 is 1.48 bits per heavy atom. The molecule has 0 bridgehead atoms. The van der Waals surface area contributed by atoms with Crippen LogP contribution in [0, 0.1) is 5.92 Å². The Hall–Kier alpha value is -4.68. The maximum Gasteiger partial charge on any atom is 0.211 e. The van der Waals surface area contributed by atoms with Gasteiger partial charge in [-0.05, 0) is 41.7 Å². The van der Waals surface area contributed by atoms with Crippen LogP contribution in [0.25, 0.3) is 0 Å². The lowest BCUT2D eigenvalue weighted by Crippen LogP contribution is -2.60. The normalized spacial score (nSPS) is 12.3. The zero-order valence-corrected chi connectivity index (χ0v) is 27.2. The first-order chi connectivity index (χ1) is 22.0. The first-order valence-electron chi connectivity index (χ1n) is 15.7. The summed E-state index contributed by atoms with van der Waals surface area (Å²) in [6.07, 6.45) is 2.16. The minimum atomic E-state index is -2.49. The molecular weight excluding hydrogens is 576 g/mol. The molecule has 1 atom stereocenters. The number of unbranched alkanes of at least 4 members (excludes halogenated alkanes) is 2. The molecule has 0 saturated heterocycles. The molecule has 0 aromatic heterocycles. The van der Waals surface area contributed by atoms with Crippen LogP contribution in [-0.4, -0.2) is 42.5 Å². The molecule has 0 N–H and O–H groups in total. The zero-order valence-electron chi connectivity index (χ0n) is 27.2. The minimum absolute atomic E-state index is 0.00633. The summed E-state index contributed by atoms with van der Waals surface area (Å²) >= 11 is 0. The van der Waals surface area contributed by atoms with E-state index in [-0.39, 0.29) is 34.3 Å². The third-order valence-electron chi connectivity index (χ3n) is 8.17. The number of ketones is 4. The fourth-order valence-corrected chi connectivity index (χ4v) is 5.48. The number of hydrogen-bond acceptors (Lipinski definition) is 6. The van der Waals surface area contributed by atoms with Crippen LogP contribution in [0.15, 0.2) is 109 Å². The molecule has 0 spiro atoms. The standard InChI is InChI=1S/C40H42O6/c1-6-7-14-27-46-40(37(43)30-15-10-8-11-16-30,38(44)31-17-12-9-13-18-31)34(36(42)29-21-25-33(45-5)26-22-29)35(41)28-19-23-32(24-20-28)39(2,3)4/h8-13,15-26,34H,6-7,14,27H2,1-5H3. The van der Waals surface area contributed by atoms with Gasteiger partial charge in [-0.3, -0.25) is 19.2 Å². The van der Waals surface area contributed by atoms with Crippen molar-refractivity contribution in [1.29, 1.82) is 0 Å². The molecule has 6 nitrogen and oxygen atoms in total. The van der Waals surface area contributed by atoms with Crippen LogP contribution in [0.1, 0.15) is 94.0 Å². The second-order valence-corrected chi connectivity index (χ2v) is 12.4. The molecule has 0 saturated carbocycles. The van der Waals surface area contributed by atoms with E-state index in [2.05, 4.69) is 20.8 Å². The van der Waals surface area contributed by atoms with E-state index in [1.54, 1.807) is 84.9 Å². The van der Waals surface area contributed by atoms with Crippen LogP contribution < -0.4 is 4.74 Å². The van der Waals surface area contributed by atoms with Gasteiger partial charge >= 0.3 is 0 Å². The Bertz CT molecular complexity index is 1580. The zero-order chi connectivity index (χ0) is 33.3. The Kier molecular flexibility index (Phi) is 11.2. The van der Waals surface area contributed by atoms with Crippen molar-refractivity contribution in [2.45, 2.75) is 58.0 Å². The van der Waals surface area contributed by atoms with Crippen LogP contribution in [0.2, 0.25) is 0 Å². The van der Waals surface area contributed by atoms with Gasteiger partial charge in [0.05, 0.1) is 7.11 Å². The topological polar surface area (TPSA) is 86.7 Å². The van der Waals surface area contributed by atoms with E-state index in [0.29, 0.717) is 12.2 Å². The van der Waals surface area contributed by atoms with Gasteiger partial charge in [0.2, 0.25) is 17.2 Å². The second kappa shape index (κ2) is 15.1. The van der Waals surface area contributed by atoms with Crippen molar-refractivity contribution in [1.82, 2.24) is 0 Å². The molecule has 1 unspecified atom stereocenters. The summed E-state index contributed by atoms with van der Waals surface area (Å²) in [6, 6.07) is 29.8. The number of ether oxygens (including phenoxy) is 2. The summed E-state index contributed by atoms with van der Waals surface area (Å²) in [4.78, 5) is 59.3. The molecular formula is C40H42O6. The summed E-state index contributed by atoms with van der Waals surface area (Å²) in [5.74, 6) is -4.18. The van der Waals surface area contributed by atoms with E-state index in [1.807, 2.05) is 19.1 Å². The minimum Gasteiger partial charge on any atom is -0.497 e. The maximum atomic E-state index is 14.9. The molecule has 0 fully saturated rings. The summed E-state index contributed by atoms with van der Waals surface area (Å²) in [5.41, 5.74) is -1.02.